The molecule has 176 valence electrons. The summed E-state index contributed by atoms with van der Waals surface area (Å²) in [6.07, 6.45) is 1.39. The Bertz CT molecular complexity index is 945. The molecule has 2 unspecified atom stereocenters. The third-order valence-corrected chi connectivity index (χ3v) is 5.99. The summed E-state index contributed by atoms with van der Waals surface area (Å²) >= 11 is 0. The molecule has 2 atom stereocenters. The molecule has 0 aromatic heterocycles. The van der Waals surface area contributed by atoms with Gasteiger partial charge in [0.05, 0.1) is 0 Å². The number of carboxylic acid groups (broad SMARTS) is 1. The fourth-order valence-electron chi connectivity index (χ4n) is 4.29. The Balaban J connectivity index is 1.41. The van der Waals surface area contributed by atoms with E-state index in [2.05, 4.69) is 34.9 Å². The monoisotopic (exact) mass is 452 g/mol. The summed E-state index contributed by atoms with van der Waals surface area (Å²) in [4.78, 5) is 35.5. The van der Waals surface area contributed by atoms with E-state index in [9.17, 15) is 14.4 Å². The molecule has 0 heterocycles. The summed E-state index contributed by atoms with van der Waals surface area (Å²) in [5, 5.41) is 14.5. The van der Waals surface area contributed by atoms with E-state index in [-0.39, 0.29) is 30.8 Å². The van der Waals surface area contributed by atoms with Gasteiger partial charge in [0.2, 0.25) is 5.91 Å². The normalized spacial score (nSPS) is 14.0. The maximum atomic E-state index is 12.2. The topological polar surface area (TPSA) is 105 Å². The van der Waals surface area contributed by atoms with Gasteiger partial charge in [-0.2, -0.15) is 0 Å². The molecule has 0 aliphatic heterocycles. The molecule has 33 heavy (non-hydrogen) atoms. The highest BCUT2D eigenvalue weighted by atomic mass is 16.5. The fraction of sp³-hybridized carbons (Fsp3) is 0.423. The Labute approximate surface area is 194 Å². The van der Waals surface area contributed by atoms with Crippen molar-refractivity contribution in [1.82, 2.24) is 10.6 Å². The van der Waals surface area contributed by atoms with Crippen LogP contribution in [0.25, 0.3) is 11.1 Å². The van der Waals surface area contributed by atoms with Crippen LogP contribution >= 0.6 is 0 Å². The van der Waals surface area contributed by atoms with Crippen LogP contribution in [0, 0.1) is 5.92 Å². The van der Waals surface area contributed by atoms with Gasteiger partial charge in [-0.25, -0.2) is 9.59 Å². The number of amides is 2. The van der Waals surface area contributed by atoms with Gasteiger partial charge < -0.3 is 20.5 Å². The standard InChI is InChI=1S/C26H32N2O5/c1-3-8-23(25(30)31)28-24(29)15-17(2)13-14-27-26(32)33-16-22-20-11-6-4-9-18(20)19-10-5-7-12-21(19)22/h4-7,9-12,17,22-23H,3,8,13-16H2,1-2H3,(H,27,32)(H,28,29)(H,30,31). The lowest BCUT2D eigenvalue weighted by atomic mass is 9.98. The minimum Gasteiger partial charge on any atom is -0.480 e. The Hall–Kier alpha value is -3.35. The summed E-state index contributed by atoms with van der Waals surface area (Å²) in [6, 6.07) is 15.5. The molecule has 0 saturated carbocycles. The Morgan fingerprint density at radius 2 is 1.61 bits per heavy atom. The smallest absolute Gasteiger partial charge is 0.407 e. The number of carboxylic acids is 1. The molecule has 0 radical (unpaired) electrons. The molecule has 0 bridgehead atoms. The van der Waals surface area contributed by atoms with Crippen molar-refractivity contribution in [3.05, 3.63) is 59.7 Å². The third-order valence-electron chi connectivity index (χ3n) is 5.99. The SMILES string of the molecule is CCCC(NC(=O)CC(C)CCNC(=O)OCC1c2ccccc2-c2ccccc21)C(=O)O. The number of benzene rings is 2. The number of ether oxygens (including phenoxy) is 1. The van der Waals surface area contributed by atoms with Crippen LogP contribution in [0.3, 0.4) is 0 Å². The van der Waals surface area contributed by atoms with Gasteiger partial charge in [0, 0.05) is 18.9 Å². The molecule has 1 aliphatic rings. The minimum absolute atomic E-state index is 0.00467. The predicted octanol–water partition coefficient (Wildman–Crippen LogP) is 4.31. The van der Waals surface area contributed by atoms with E-state index in [1.807, 2.05) is 38.1 Å². The lowest BCUT2D eigenvalue weighted by Crippen LogP contribution is -2.41. The highest BCUT2D eigenvalue weighted by molar-refractivity contribution is 5.83. The van der Waals surface area contributed by atoms with E-state index in [4.69, 9.17) is 9.84 Å². The molecule has 2 aromatic carbocycles. The van der Waals surface area contributed by atoms with E-state index >= 15 is 0 Å². The van der Waals surface area contributed by atoms with Gasteiger partial charge in [0.25, 0.3) is 0 Å². The van der Waals surface area contributed by atoms with E-state index < -0.39 is 18.1 Å². The first kappa shape index (κ1) is 24.3. The highest BCUT2D eigenvalue weighted by Crippen LogP contribution is 2.44. The number of carbonyl (C=O) groups is 3. The predicted molar refractivity (Wildman–Crippen MR) is 126 cm³/mol. The lowest BCUT2D eigenvalue weighted by Gasteiger charge is -2.17. The molecule has 0 saturated heterocycles. The molecule has 3 N–H and O–H groups in total. The summed E-state index contributed by atoms with van der Waals surface area (Å²) in [5.74, 6) is -1.30. The summed E-state index contributed by atoms with van der Waals surface area (Å²) in [7, 11) is 0. The molecule has 0 fully saturated rings. The largest absolute Gasteiger partial charge is 0.480 e. The number of hydrogen-bond acceptors (Lipinski definition) is 4. The zero-order chi connectivity index (χ0) is 23.8. The Kier molecular flexibility index (Phi) is 8.46. The van der Waals surface area contributed by atoms with Crippen molar-refractivity contribution >= 4 is 18.0 Å². The molecule has 1 aliphatic carbocycles. The van der Waals surface area contributed by atoms with E-state index in [1.165, 1.54) is 11.1 Å². The molecular formula is C26H32N2O5. The summed E-state index contributed by atoms with van der Waals surface area (Å²) in [6.45, 7) is 4.41. The van der Waals surface area contributed by atoms with Crippen LogP contribution in [-0.2, 0) is 14.3 Å². The molecule has 2 aromatic rings. The number of aliphatic carboxylic acids is 1. The Morgan fingerprint density at radius 1 is 1.00 bits per heavy atom. The third kappa shape index (κ3) is 6.34. The second-order valence-electron chi connectivity index (χ2n) is 8.60. The number of nitrogens with one attached hydrogen (secondary N) is 2. The first-order chi connectivity index (χ1) is 15.9. The first-order valence-electron chi connectivity index (χ1n) is 11.5. The van der Waals surface area contributed by atoms with E-state index in [0.29, 0.717) is 25.8 Å². The van der Waals surface area contributed by atoms with E-state index in [1.54, 1.807) is 0 Å². The number of alkyl carbamates (subject to hydrolysis) is 1. The van der Waals surface area contributed by atoms with Crippen molar-refractivity contribution in [2.24, 2.45) is 5.92 Å². The average Bonchev–Trinajstić information content (AvgIpc) is 3.11. The van der Waals surface area contributed by atoms with Crippen molar-refractivity contribution in [3.63, 3.8) is 0 Å². The van der Waals surface area contributed by atoms with Gasteiger partial charge in [-0.3, -0.25) is 4.79 Å². The molecule has 0 spiro atoms. The van der Waals surface area contributed by atoms with Gasteiger partial charge in [0.1, 0.15) is 12.6 Å². The van der Waals surface area contributed by atoms with Crippen LogP contribution in [-0.4, -0.2) is 42.3 Å². The number of hydrogen-bond donors (Lipinski definition) is 3. The van der Waals surface area contributed by atoms with Crippen molar-refractivity contribution in [1.29, 1.82) is 0 Å². The van der Waals surface area contributed by atoms with E-state index in [0.717, 1.165) is 11.1 Å². The maximum Gasteiger partial charge on any atom is 0.407 e. The molecule has 3 rings (SSSR count). The number of carbonyl (C=O) groups excluding carboxylic acids is 2. The van der Waals surface area contributed by atoms with Gasteiger partial charge in [-0.15, -0.1) is 0 Å². The molecular weight excluding hydrogens is 420 g/mol. The van der Waals surface area contributed by atoms with Crippen molar-refractivity contribution < 1.29 is 24.2 Å². The minimum atomic E-state index is -1.02. The maximum absolute atomic E-state index is 12.2. The van der Waals surface area contributed by atoms with Crippen LogP contribution < -0.4 is 10.6 Å². The fourth-order valence-corrected chi connectivity index (χ4v) is 4.29. The van der Waals surface area contributed by atoms with Gasteiger partial charge >= 0.3 is 12.1 Å². The second kappa shape index (κ2) is 11.5. The number of rotatable bonds is 11. The summed E-state index contributed by atoms with van der Waals surface area (Å²) < 4.78 is 5.51. The highest BCUT2D eigenvalue weighted by Gasteiger charge is 2.29. The zero-order valence-corrected chi connectivity index (χ0v) is 19.2. The molecule has 7 nitrogen and oxygen atoms in total. The van der Waals surface area contributed by atoms with Gasteiger partial charge in [-0.05, 0) is 41.0 Å². The summed E-state index contributed by atoms with van der Waals surface area (Å²) in [5.41, 5.74) is 4.68. The van der Waals surface area contributed by atoms with Crippen molar-refractivity contribution in [3.8, 4) is 11.1 Å². The van der Waals surface area contributed by atoms with Crippen molar-refractivity contribution in [2.75, 3.05) is 13.2 Å². The lowest BCUT2D eigenvalue weighted by molar-refractivity contribution is -0.142. The van der Waals surface area contributed by atoms with Crippen LogP contribution in [0.2, 0.25) is 0 Å². The Morgan fingerprint density at radius 3 is 2.18 bits per heavy atom. The van der Waals surface area contributed by atoms with Crippen LogP contribution in [0.1, 0.15) is 56.6 Å². The molecule has 7 heteroatoms. The van der Waals surface area contributed by atoms with Gasteiger partial charge in [0.15, 0.2) is 0 Å². The molecule has 2 amide bonds. The first-order valence-corrected chi connectivity index (χ1v) is 11.5. The average molecular weight is 453 g/mol. The van der Waals surface area contributed by atoms with Crippen molar-refractivity contribution in [2.45, 2.75) is 51.5 Å². The van der Waals surface area contributed by atoms with Crippen LogP contribution in [0.4, 0.5) is 4.79 Å². The zero-order valence-electron chi connectivity index (χ0n) is 19.2. The van der Waals surface area contributed by atoms with Crippen LogP contribution in [0.5, 0.6) is 0 Å². The quantitative estimate of drug-likeness (QED) is 0.471. The number of fused-ring (bicyclic) bond motifs is 3. The second-order valence-corrected chi connectivity index (χ2v) is 8.60. The van der Waals surface area contributed by atoms with Crippen LogP contribution in [0.15, 0.2) is 48.5 Å². The van der Waals surface area contributed by atoms with Gasteiger partial charge in [-0.1, -0.05) is 68.8 Å².